The van der Waals surface area contributed by atoms with Gasteiger partial charge < -0.3 is 0 Å². The number of hydrogen-bond acceptors (Lipinski definition) is 4. The summed E-state index contributed by atoms with van der Waals surface area (Å²) in [6, 6.07) is 66.8. The minimum absolute atomic E-state index is 0.689. The van der Waals surface area contributed by atoms with E-state index < -0.39 is 0 Å². The number of rotatable bonds is 7. The lowest BCUT2D eigenvalue weighted by Crippen LogP contribution is -1.96. The standard InChI is InChI=1S/C51H33N3S/c1-3-11-34(12-4-1)38-15-9-16-39(27-38)42-28-43(40-24-25-50-46(31-40)45-18-7-8-19-49(45)55-50)30-44(29-42)48-32-47(53-51(54-48)37-13-5-2-6-14-37)36-22-20-35(21-23-36)41-17-10-26-52-33-41/h1-33H. The van der Waals surface area contributed by atoms with Crippen molar-refractivity contribution in [2.45, 2.75) is 0 Å². The van der Waals surface area contributed by atoms with Crippen LogP contribution in [0.3, 0.4) is 0 Å². The fourth-order valence-corrected chi connectivity index (χ4v) is 8.44. The van der Waals surface area contributed by atoms with Gasteiger partial charge in [0.1, 0.15) is 0 Å². The fourth-order valence-electron chi connectivity index (χ4n) is 7.35. The van der Waals surface area contributed by atoms with Crippen LogP contribution in [0.1, 0.15) is 0 Å². The lowest BCUT2D eigenvalue weighted by molar-refractivity contribution is 1.18. The highest BCUT2D eigenvalue weighted by atomic mass is 32.1. The number of pyridine rings is 1. The SMILES string of the molecule is c1ccc(-c2cccc(-c3cc(-c4ccc5sc6ccccc6c5c4)cc(-c4cc(-c5ccc(-c6cccnc6)cc5)nc(-c5ccccc5)n4)c3)c2)cc1. The molecule has 0 amide bonds. The quantitative estimate of drug-likeness (QED) is 0.165. The van der Waals surface area contributed by atoms with Gasteiger partial charge >= 0.3 is 0 Å². The topological polar surface area (TPSA) is 38.7 Å². The Morgan fingerprint density at radius 2 is 0.836 bits per heavy atom. The first kappa shape index (κ1) is 32.6. The number of benzene rings is 7. The van der Waals surface area contributed by atoms with Crippen LogP contribution in [0.5, 0.6) is 0 Å². The van der Waals surface area contributed by atoms with Crippen LogP contribution >= 0.6 is 11.3 Å². The largest absolute Gasteiger partial charge is 0.264 e. The Labute approximate surface area is 323 Å². The second-order valence-corrected chi connectivity index (χ2v) is 14.8. The summed E-state index contributed by atoms with van der Waals surface area (Å²) in [5, 5.41) is 2.57. The molecule has 0 atom stereocenters. The van der Waals surface area contributed by atoms with Gasteiger partial charge in [-0.05, 0) is 99.1 Å². The summed E-state index contributed by atoms with van der Waals surface area (Å²) >= 11 is 1.84. The van der Waals surface area contributed by atoms with E-state index in [1.54, 1.807) is 6.20 Å². The lowest BCUT2D eigenvalue weighted by Gasteiger charge is -2.14. The second kappa shape index (κ2) is 14.1. The maximum Gasteiger partial charge on any atom is 0.160 e. The van der Waals surface area contributed by atoms with Gasteiger partial charge in [0.25, 0.3) is 0 Å². The van der Waals surface area contributed by atoms with Gasteiger partial charge in [-0.1, -0.05) is 133 Å². The molecule has 0 saturated carbocycles. The summed E-state index contributed by atoms with van der Waals surface area (Å²) in [5.74, 6) is 0.689. The van der Waals surface area contributed by atoms with E-state index in [0.717, 1.165) is 55.9 Å². The minimum atomic E-state index is 0.689. The van der Waals surface area contributed by atoms with Crippen molar-refractivity contribution < 1.29 is 0 Å². The first-order chi connectivity index (χ1) is 27.2. The molecule has 0 saturated heterocycles. The third kappa shape index (κ3) is 6.50. The Morgan fingerprint density at radius 3 is 1.58 bits per heavy atom. The first-order valence-electron chi connectivity index (χ1n) is 18.4. The van der Waals surface area contributed by atoms with E-state index in [1.165, 1.54) is 36.9 Å². The van der Waals surface area contributed by atoms with E-state index in [-0.39, 0.29) is 0 Å². The average molecular weight is 720 g/mol. The van der Waals surface area contributed by atoms with Crippen molar-refractivity contribution in [1.29, 1.82) is 0 Å². The van der Waals surface area contributed by atoms with Gasteiger partial charge in [0, 0.05) is 49.3 Å². The minimum Gasteiger partial charge on any atom is -0.264 e. The molecule has 55 heavy (non-hydrogen) atoms. The molecule has 258 valence electrons. The molecule has 0 radical (unpaired) electrons. The van der Waals surface area contributed by atoms with Crippen molar-refractivity contribution in [2.24, 2.45) is 0 Å². The van der Waals surface area contributed by atoms with Crippen LogP contribution in [0.4, 0.5) is 0 Å². The Balaban J connectivity index is 1.16. The smallest absolute Gasteiger partial charge is 0.160 e. The summed E-state index contributed by atoms with van der Waals surface area (Å²) in [7, 11) is 0. The van der Waals surface area contributed by atoms with Crippen molar-refractivity contribution in [3.63, 3.8) is 0 Å². The lowest BCUT2D eigenvalue weighted by atomic mass is 9.92. The summed E-state index contributed by atoms with van der Waals surface area (Å²) in [5.41, 5.74) is 13.9. The second-order valence-electron chi connectivity index (χ2n) is 13.7. The zero-order chi connectivity index (χ0) is 36.6. The summed E-state index contributed by atoms with van der Waals surface area (Å²) < 4.78 is 2.59. The van der Waals surface area contributed by atoms with Gasteiger partial charge in [-0.25, -0.2) is 9.97 Å². The molecule has 0 unspecified atom stereocenters. The predicted molar refractivity (Wildman–Crippen MR) is 231 cm³/mol. The molecule has 3 heterocycles. The molecule has 0 aliphatic heterocycles. The van der Waals surface area contributed by atoms with E-state index in [4.69, 9.17) is 9.97 Å². The molecule has 0 N–H and O–H groups in total. The molecule has 7 aromatic carbocycles. The normalized spacial score (nSPS) is 11.3. The van der Waals surface area contributed by atoms with E-state index in [9.17, 15) is 0 Å². The average Bonchev–Trinajstić information content (AvgIpc) is 3.65. The highest BCUT2D eigenvalue weighted by Crippen LogP contribution is 2.40. The van der Waals surface area contributed by atoms with Gasteiger partial charge in [-0.3, -0.25) is 4.98 Å². The molecule has 0 aliphatic carbocycles. The Morgan fingerprint density at radius 1 is 0.309 bits per heavy atom. The molecule has 0 fully saturated rings. The molecule has 10 aromatic rings. The third-order valence-corrected chi connectivity index (χ3v) is 11.3. The molecule has 3 nitrogen and oxygen atoms in total. The van der Waals surface area contributed by atoms with Gasteiger partial charge in [-0.15, -0.1) is 11.3 Å². The number of hydrogen-bond donors (Lipinski definition) is 0. The third-order valence-electron chi connectivity index (χ3n) is 10.2. The van der Waals surface area contributed by atoms with Crippen molar-refractivity contribution in [1.82, 2.24) is 15.0 Å². The van der Waals surface area contributed by atoms with Gasteiger partial charge in [-0.2, -0.15) is 0 Å². The molecule has 0 aliphatic rings. The van der Waals surface area contributed by atoms with Gasteiger partial charge in [0.15, 0.2) is 5.82 Å². The number of thiophene rings is 1. The highest BCUT2D eigenvalue weighted by molar-refractivity contribution is 7.25. The molecule has 4 heteroatoms. The van der Waals surface area contributed by atoms with Crippen molar-refractivity contribution >= 4 is 31.5 Å². The van der Waals surface area contributed by atoms with Crippen molar-refractivity contribution in [2.75, 3.05) is 0 Å². The Hall–Kier alpha value is -7.01. The van der Waals surface area contributed by atoms with Gasteiger partial charge in [0.2, 0.25) is 0 Å². The fraction of sp³-hybridized carbons (Fsp3) is 0. The summed E-state index contributed by atoms with van der Waals surface area (Å²) in [4.78, 5) is 14.7. The Bertz CT molecular complexity index is 2950. The Kier molecular flexibility index (Phi) is 8.36. The number of fused-ring (bicyclic) bond motifs is 3. The van der Waals surface area contributed by atoms with Crippen molar-refractivity contribution in [3.8, 4) is 78.4 Å². The zero-order valence-electron chi connectivity index (χ0n) is 29.8. The van der Waals surface area contributed by atoms with E-state index in [0.29, 0.717) is 5.82 Å². The maximum absolute atomic E-state index is 5.26. The molecule has 10 rings (SSSR count). The van der Waals surface area contributed by atoms with Crippen LogP contribution < -0.4 is 0 Å². The van der Waals surface area contributed by atoms with Gasteiger partial charge in [0.05, 0.1) is 11.4 Å². The van der Waals surface area contributed by atoms with Crippen LogP contribution in [-0.4, -0.2) is 15.0 Å². The molecule has 0 bridgehead atoms. The maximum atomic E-state index is 5.26. The van der Waals surface area contributed by atoms with Crippen LogP contribution in [0.2, 0.25) is 0 Å². The summed E-state index contributed by atoms with van der Waals surface area (Å²) in [6.45, 7) is 0. The summed E-state index contributed by atoms with van der Waals surface area (Å²) in [6.07, 6.45) is 3.69. The zero-order valence-corrected chi connectivity index (χ0v) is 30.6. The molecule has 3 aromatic heterocycles. The van der Waals surface area contributed by atoms with Crippen molar-refractivity contribution in [3.05, 3.63) is 200 Å². The van der Waals surface area contributed by atoms with Crippen LogP contribution in [0, 0.1) is 0 Å². The van der Waals surface area contributed by atoms with Crippen LogP contribution in [-0.2, 0) is 0 Å². The molecule has 0 spiro atoms. The number of nitrogens with zero attached hydrogens (tertiary/aromatic N) is 3. The van der Waals surface area contributed by atoms with Crippen LogP contribution in [0.25, 0.3) is 98.6 Å². The molecular formula is C51H33N3S. The first-order valence-corrected chi connectivity index (χ1v) is 19.2. The predicted octanol–water partition coefficient (Wildman–Crippen LogP) is 13.9. The van der Waals surface area contributed by atoms with Crippen LogP contribution in [0.15, 0.2) is 200 Å². The number of aromatic nitrogens is 3. The van der Waals surface area contributed by atoms with E-state index in [2.05, 4.69) is 169 Å². The highest BCUT2D eigenvalue weighted by Gasteiger charge is 2.15. The molecular weight excluding hydrogens is 687 g/mol. The van der Waals surface area contributed by atoms with E-state index >= 15 is 0 Å². The van der Waals surface area contributed by atoms with E-state index in [1.807, 2.05) is 41.8 Å². The monoisotopic (exact) mass is 719 g/mol.